The van der Waals surface area contributed by atoms with Crippen molar-refractivity contribution in [3.63, 3.8) is 0 Å². The lowest BCUT2D eigenvalue weighted by molar-refractivity contribution is -0.120. The number of carbonyl (C=O) groups excluding carboxylic acids is 1. The number of ether oxygens (including phenoxy) is 1. The van der Waals surface area contributed by atoms with E-state index in [1.165, 1.54) is 0 Å². The van der Waals surface area contributed by atoms with Crippen molar-refractivity contribution in [1.82, 2.24) is 5.32 Å². The minimum Gasteiger partial charge on any atom is -0.379 e. The number of carbonyl (C=O) groups is 1. The topological polar surface area (TPSA) is 38.3 Å². The molecule has 0 unspecified atom stereocenters. The molecule has 17 heavy (non-hydrogen) atoms. The summed E-state index contributed by atoms with van der Waals surface area (Å²) in [7, 11) is 0. The van der Waals surface area contributed by atoms with E-state index in [4.69, 9.17) is 16.3 Å². The number of rotatable bonds is 7. The lowest BCUT2D eigenvalue weighted by Gasteiger charge is -2.05. The zero-order valence-corrected chi connectivity index (χ0v) is 11.8. The van der Waals surface area contributed by atoms with E-state index in [1.807, 2.05) is 12.1 Å². The maximum atomic E-state index is 11.5. The van der Waals surface area contributed by atoms with Crippen LogP contribution in [0, 0.1) is 0 Å². The van der Waals surface area contributed by atoms with Gasteiger partial charge in [-0.1, -0.05) is 39.7 Å². The van der Waals surface area contributed by atoms with Crippen LogP contribution in [0.2, 0.25) is 5.02 Å². The second-order valence-electron chi connectivity index (χ2n) is 3.45. The average molecular weight is 321 g/mol. The normalized spacial score (nSPS) is 10.2. The third kappa shape index (κ3) is 6.66. The number of hydrogen-bond donors (Lipinski definition) is 1. The molecule has 1 aromatic carbocycles. The van der Waals surface area contributed by atoms with E-state index >= 15 is 0 Å². The maximum Gasteiger partial charge on any atom is 0.224 e. The average Bonchev–Trinajstić information content (AvgIpc) is 2.32. The molecule has 0 bridgehead atoms. The van der Waals surface area contributed by atoms with Crippen LogP contribution in [0.4, 0.5) is 0 Å². The lowest BCUT2D eigenvalue weighted by atomic mass is 10.1. The number of alkyl halides is 1. The molecule has 1 amide bonds. The monoisotopic (exact) mass is 319 g/mol. The summed E-state index contributed by atoms with van der Waals surface area (Å²) in [5.74, 6) is -0.00485. The molecule has 0 fully saturated rings. The molecule has 0 aliphatic heterocycles. The Hall–Kier alpha value is -0.580. The van der Waals surface area contributed by atoms with Crippen LogP contribution >= 0.6 is 27.5 Å². The third-order valence-electron chi connectivity index (χ3n) is 2.07. The Balaban J connectivity index is 2.18. The first-order chi connectivity index (χ1) is 8.22. The van der Waals surface area contributed by atoms with Gasteiger partial charge >= 0.3 is 0 Å². The van der Waals surface area contributed by atoms with Gasteiger partial charge in [0, 0.05) is 16.9 Å². The zero-order chi connectivity index (χ0) is 12.5. The SMILES string of the molecule is O=C(Cc1ccc(Cl)cc1)NCCOCCBr. The highest BCUT2D eigenvalue weighted by Gasteiger charge is 2.02. The molecule has 0 saturated carbocycles. The van der Waals surface area contributed by atoms with Crippen LogP contribution in [0.5, 0.6) is 0 Å². The molecule has 0 aliphatic rings. The van der Waals surface area contributed by atoms with E-state index in [9.17, 15) is 4.79 Å². The van der Waals surface area contributed by atoms with E-state index in [1.54, 1.807) is 12.1 Å². The van der Waals surface area contributed by atoms with Crippen molar-refractivity contribution < 1.29 is 9.53 Å². The summed E-state index contributed by atoms with van der Waals surface area (Å²) in [4.78, 5) is 11.5. The minimum atomic E-state index is -0.00485. The Bertz CT molecular complexity index is 343. The fraction of sp³-hybridized carbons (Fsp3) is 0.417. The Morgan fingerprint density at radius 1 is 1.29 bits per heavy atom. The highest BCUT2D eigenvalue weighted by molar-refractivity contribution is 9.09. The van der Waals surface area contributed by atoms with Crippen molar-refractivity contribution in [3.8, 4) is 0 Å². The van der Waals surface area contributed by atoms with Crippen LogP contribution < -0.4 is 5.32 Å². The summed E-state index contributed by atoms with van der Waals surface area (Å²) in [5, 5.41) is 4.28. The highest BCUT2D eigenvalue weighted by atomic mass is 79.9. The van der Waals surface area contributed by atoms with Gasteiger partial charge in [-0.3, -0.25) is 4.79 Å². The van der Waals surface area contributed by atoms with Crippen LogP contribution in [-0.2, 0) is 16.0 Å². The molecular weight excluding hydrogens is 305 g/mol. The van der Waals surface area contributed by atoms with E-state index in [0.717, 1.165) is 10.9 Å². The van der Waals surface area contributed by atoms with Gasteiger partial charge in [0.15, 0.2) is 0 Å². The zero-order valence-electron chi connectivity index (χ0n) is 9.42. The maximum absolute atomic E-state index is 11.5. The lowest BCUT2D eigenvalue weighted by Crippen LogP contribution is -2.28. The van der Waals surface area contributed by atoms with Crippen molar-refractivity contribution in [2.75, 3.05) is 25.1 Å². The van der Waals surface area contributed by atoms with Crippen molar-refractivity contribution in [1.29, 1.82) is 0 Å². The summed E-state index contributed by atoms with van der Waals surface area (Å²) in [6, 6.07) is 7.26. The molecule has 1 aromatic rings. The molecule has 0 aliphatic carbocycles. The summed E-state index contributed by atoms with van der Waals surface area (Å²) >= 11 is 9.02. The minimum absolute atomic E-state index is 0.00485. The number of hydrogen-bond acceptors (Lipinski definition) is 2. The quantitative estimate of drug-likeness (QED) is 0.619. The number of nitrogens with one attached hydrogen (secondary N) is 1. The van der Waals surface area contributed by atoms with Gasteiger partial charge in [-0.15, -0.1) is 0 Å². The fourth-order valence-electron chi connectivity index (χ4n) is 1.27. The summed E-state index contributed by atoms with van der Waals surface area (Å²) in [5.41, 5.74) is 0.952. The Morgan fingerprint density at radius 3 is 2.65 bits per heavy atom. The first-order valence-electron chi connectivity index (χ1n) is 5.37. The molecule has 0 aromatic heterocycles. The van der Waals surface area contributed by atoms with Crippen LogP contribution in [0.15, 0.2) is 24.3 Å². The molecular formula is C12H15BrClNO2. The van der Waals surface area contributed by atoms with Crippen LogP contribution in [0.3, 0.4) is 0 Å². The van der Waals surface area contributed by atoms with Gasteiger partial charge in [0.25, 0.3) is 0 Å². The molecule has 0 atom stereocenters. The van der Waals surface area contributed by atoms with Gasteiger partial charge in [0.05, 0.1) is 19.6 Å². The van der Waals surface area contributed by atoms with Crippen molar-refractivity contribution in [3.05, 3.63) is 34.9 Å². The van der Waals surface area contributed by atoms with Gasteiger partial charge in [-0.2, -0.15) is 0 Å². The summed E-state index contributed by atoms with van der Waals surface area (Å²) in [6.45, 7) is 1.74. The smallest absolute Gasteiger partial charge is 0.224 e. The second-order valence-corrected chi connectivity index (χ2v) is 4.68. The van der Waals surface area contributed by atoms with Crippen molar-refractivity contribution in [2.24, 2.45) is 0 Å². The Kier molecular flexibility index (Phi) is 7.24. The molecule has 0 spiro atoms. The molecule has 0 radical (unpaired) electrons. The third-order valence-corrected chi connectivity index (χ3v) is 2.64. The van der Waals surface area contributed by atoms with Gasteiger partial charge < -0.3 is 10.1 Å². The summed E-state index contributed by atoms with van der Waals surface area (Å²) < 4.78 is 5.22. The van der Waals surface area contributed by atoms with Crippen molar-refractivity contribution >= 4 is 33.4 Å². The predicted octanol–water partition coefficient (Wildman–Crippen LogP) is 2.41. The van der Waals surface area contributed by atoms with Gasteiger partial charge in [0.2, 0.25) is 5.91 Å². The van der Waals surface area contributed by atoms with Crippen molar-refractivity contribution in [2.45, 2.75) is 6.42 Å². The van der Waals surface area contributed by atoms with Gasteiger partial charge in [-0.05, 0) is 17.7 Å². The van der Waals surface area contributed by atoms with Gasteiger partial charge in [-0.25, -0.2) is 0 Å². The molecule has 0 saturated heterocycles. The van der Waals surface area contributed by atoms with Gasteiger partial charge in [0.1, 0.15) is 0 Å². The molecule has 1 N–H and O–H groups in total. The standard InChI is InChI=1S/C12H15BrClNO2/c13-5-7-17-8-6-15-12(16)9-10-1-3-11(14)4-2-10/h1-4H,5-9H2,(H,15,16). The van der Waals surface area contributed by atoms with Crippen LogP contribution in [0.25, 0.3) is 0 Å². The molecule has 0 heterocycles. The number of halogens is 2. The predicted molar refractivity (Wildman–Crippen MR) is 72.8 cm³/mol. The Labute approximate surface area is 115 Å². The first-order valence-corrected chi connectivity index (χ1v) is 6.87. The first kappa shape index (κ1) is 14.5. The number of benzene rings is 1. The highest BCUT2D eigenvalue weighted by Crippen LogP contribution is 2.09. The van der Waals surface area contributed by atoms with Crippen LogP contribution in [0.1, 0.15) is 5.56 Å². The molecule has 1 rings (SSSR count). The molecule has 94 valence electrons. The Morgan fingerprint density at radius 2 is 2.00 bits per heavy atom. The summed E-state index contributed by atoms with van der Waals surface area (Å²) in [6.07, 6.45) is 0.371. The van der Waals surface area contributed by atoms with E-state index < -0.39 is 0 Å². The van der Waals surface area contributed by atoms with E-state index in [2.05, 4.69) is 21.2 Å². The second kappa shape index (κ2) is 8.50. The van der Waals surface area contributed by atoms with E-state index in [-0.39, 0.29) is 5.91 Å². The molecule has 3 nitrogen and oxygen atoms in total. The molecule has 5 heteroatoms. The van der Waals surface area contributed by atoms with Crippen LogP contribution in [-0.4, -0.2) is 31.0 Å². The van der Waals surface area contributed by atoms with E-state index in [0.29, 0.717) is 31.2 Å². The fourth-order valence-corrected chi connectivity index (χ4v) is 1.62. The largest absolute Gasteiger partial charge is 0.379 e. The number of amides is 1.